The summed E-state index contributed by atoms with van der Waals surface area (Å²) < 4.78 is 11.6. The average Bonchev–Trinajstić information content (AvgIpc) is 2.93. The van der Waals surface area contributed by atoms with E-state index in [2.05, 4.69) is 6.92 Å². The number of hydrogen-bond donors (Lipinski definition) is 0. The van der Waals surface area contributed by atoms with E-state index in [1.165, 1.54) is 38.5 Å². The van der Waals surface area contributed by atoms with Gasteiger partial charge in [-0.2, -0.15) is 0 Å². The first-order chi connectivity index (χ1) is 7.65. The van der Waals surface area contributed by atoms with Crippen LogP contribution >= 0.6 is 0 Å². The third-order valence-corrected chi connectivity index (χ3v) is 5.28. The lowest BCUT2D eigenvalue weighted by atomic mass is 9.48. The Bertz CT molecular complexity index is 294. The van der Waals surface area contributed by atoms with Gasteiger partial charge in [-0.15, -0.1) is 0 Å². The normalized spacial score (nSPS) is 57.9. The van der Waals surface area contributed by atoms with Crippen LogP contribution in [0.5, 0.6) is 0 Å². The highest BCUT2D eigenvalue weighted by molar-refractivity contribution is 5.07. The van der Waals surface area contributed by atoms with E-state index < -0.39 is 0 Å². The highest BCUT2D eigenvalue weighted by Gasteiger charge is 2.56. The second-order valence-electron chi connectivity index (χ2n) is 7.22. The molecule has 3 atom stereocenters. The van der Waals surface area contributed by atoms with Crippen molar-refractivity contribution in [1.82, 2.24) is 0 Å². The first-order valence-corrected chi connectivity index (χ1v) is 6.90. The first kappa shape index (κ1) is 9.90. The first-order valence-electron chi connectivity index (χ1n) is 6.90. The molecule has 5 aliphatic rings. The van der Waals surface area contributed by atoms with Crippen LogP contribution in [0.15, 0.2) is 0 Å². The minimum atomic E-state index is 0.255. The molecule has 0 aromatic heterocycles. The van der Waals surface area contributed by atoms with Crippen molar-refractivity contribution in [3.05, 3.63) is 0 Å². The van der Waals surface area contributed by atoms with Gasteiger partial charge in [-0.3, -0.25) is 0 Å². The fourth-order valence-electron chi connectivity index (χ4n) is 5.23. The van der Waals surface area contributed by atoms with Crippen LogP contribution in [0, 0.1) is 17.3 Å². The lowest BCUT2D eigenvalue weighted by Gasteiger charge is -2.60. The van der Waals surface area contributed by atoms with Crippen molar-refractivity contribution in [1.29, 1.82) is 0 Å². The summed E-state index contributed by atoms with van der Waals surface area (Å²) in [7, 11) is 0. The van der Waals surface area contributed by atoms with Crippen molar-refractivity contribution in [2.24, 2.45) is 17.3 Å². The molecule has 3 unspecified atom stereocenters. The zero-order valence-corrected chi connectivity index (χ0v) is 10.2. The van der Waals surface area contributed by atoms with Crippen LogP contribution < -0.4 is 0 Å². The smallest absolute Gasteiger partial charge is 0.104 e. The molecule has 0 aromatic rings. The van der Waals surface area contributed by atoms with Crippen LogP contribution in [0.3, 0.4) is 0 Å². The fourth-order valence-corrected chi connectivity index (χ4v) is 5.23. The Kier molecular flexibility index (Phi) is 1.87. The molecular formula is C14H22O2. The molecule has 4 bridgehead atoms. The largest absolute Gasteiger partial charge is 0.372 e. The molecule has 0 spiro atoms. The molecule has 5 fully saturated rings. The van der Waals surface area contributed by atoms with Gasteiger partial charge in [0.1, 0.15) is 6.10 Å². The molecular weight excluding hydrogens is 200 g/mol. The van der Waals surface area contributed by atoms with Crippen molar-refractivity contribution in [2.45, 2.75) is 57.2 Å². The molecule has 4 aliphatic carbocycles. The van der Waals surface area contributed by atoms with Crippen LogP contribution in [0.1, 0.15) is 45.4 Å². The standard InChI is InChI=1S/C14H22O2/c1-13-3-10-2-11(4-13)6-14(5-10,9-13)16-8-12-7-15-12/h10-12H,2-9H2,1H3. The fraction of sp³-hybridized carbons (Fsp3) is 1.00. The van der Waals surface area contributed by atoms with Gasteiger partial charge in [-0.1, -0.05) is 6.92 Å². The van der Waals surface area contributed by atoms with Crippen LogP contribution in [0.4, 0.5) is 0 Å². The number of epoxide rings is 1. The van der Waals surface area contributed by atoms with Gasteiger partial charge < -0.3 is 9.47 Å². The molecule has 0 N–H and O–H groups in total. The maximum Gasteiger partial charge on any atom is 0.104 e. The Balaban J connectivity index is 1.54. The molecule has 1 heterocycles. The van der Waals surface area contributed by atoms with Gasteiger partial charge in [0.05, 0.1) is 18.8 Å². The molecule has 2 heteroatoms. The van der Waals surface area contributed by atoms with Crippen molar-refractivity contribution >= 4 is 0 Å². The summed E-state index contributed by atoms with van der Waals surface area (Å²) in [5, 5.41) is 0. The number of hydrogen-bond acceptors (Lipinski definition) is 2. The van der Waals surface area contributed by atoms with E-state index in [4.69, 9.17) is 9.47 Å². The van der Waals surface area contributed by atoms with E-state index in [0.29, 0.717) is 11.5 Å². The molecule has 0 aromatic carbocycles. The summed E-state index contributed by atoms with van der Waals surface area (Å²) in [6.45, 7) is 4.28. The molecule has 0 radical (unpaired) electrons. The summed E-state index contributed by atoms with van der Waals surface area (Å²) in [6.07, 6.45) is 8.85. The summed E-state index contributed by atoms with van der Waals surface area (Å²) in [5.41, 5.74) is 0.860. The van der Waals surface area contributed by atoms with Gasteiger partial charge >= 0.3 is 0 Å². The Labute approximate surface area is 97.7 Å². The molecule has 1 saturated heterocycles. The maximum absolute atomic E-state index is 6.31. The predicted molar refractivity (Wildman–Crippen MR) is 61.2 cm³/mol. The molecule has 1 aliphatic heterocycles. The lowest BCUT2D eigenvalue weighted by Crippen LogP contribution is -2.56. The van der Waals surface area contributed by atoms with Crippen LogP contribution in [0.2, 0.25) is 0 Å². The molecule has 90 valence electrons. The van der Waals surface area contributed by atoms with Gasteiger partial charge in [0.15, 0.2) is 0 Å². The van der Waals surface area contributed by atoms with Crippen molar-refractivity contribution in [2.75, 3.05) is 13.2 Å². The highest BCUT2D eigenvalue weighted by Crippen LogP contribution is 2.62. The molecule has 4 saturated carbocycles. The Morgan fingerprint density at radius 3 is 2.44 bits per heavy atom. The monoisotopic (exact) mass is 222 g/mol. The summed E-state index contributed by atoms with van der Waals surface area (Å²) in [4.78, 5) is 0. The van der Waals surface area contributed by atoms with E-state index in [0.717, 1.165) is 25.0 Å². The van der Waals surface area contributed by atoms with E-state index >= 15 is 0 Å². The minimum Gasteiger partial charge on any atom is -0.372 e. The average molecular weight is 222 g/mol. The topological polar surface area (TPSA) is 21.8 Å². The molecule has 16 heavy (non-hydrogen) atoms. The van der Waals surface area contributed by atoms with Gasteiger partial charge in [-0.05, 0) is 55.8 Å². The third-order valence-electron chi connectivity index (χ3n) is 5.28. The Morgan fingerprint density at radius 1 is 1.19 bits per heavy atom. The molecule has 0 amide bonds. The summed E-state index contributed by atoms with van der Waals surface area (Å²) >= 11 is 0. The van der Waals surface area contributed by atoms with E-state index in [1.807, 2.05) is 0 Å². The van der Waals surface area contributed by atoms with Crippen molar-refractivity contribution in [3.8, 4) is 0 Å². The number of ether oxygens (including phenoxy) is 2. The maximum atomic E-state index is 6.31. The predicted octanol–water partition coefficient (Wildman–Crippen LogP) is 2.76. The van der Waals surface area contributed by atoms with Gasteiger partial charge in [0.2, 0.25) is 0 Å². The second-order valence-corrected chi connectivity index (χ2v) is 7.22. The number of rotatable bonds is 3. The SMILES string of the molecule is CC12CC3CC(C1)CC(OCC1CO1)(C3)C2. The Hall–Kier alpha value is -0.0800. The lowest BCUT2D eigenvalue weighted by molar-refractivity contribution is -0.189. The van der Waals surface area contributed by atoms with Crippen molar-refractivity contribution < 1.29 is 9.47 Å². The zero-order valence-electron chi connectivity index (χ0n) is 10.2. The second kappa shape index (κ2) is 3.02. The minimum absolute atomic E-state index is 0.255. The highest BCUT2D eigenvalue weighted by atomic mass is 16.6. The van der Waals surface area contributed by atoms with Gasteiger partial charge in [-0.25, -0.2) is 0 Å². The Morgan fingerprint density at radius 2 is 1.88 bits per heavy atom. The van der Waals surface area contributed by atoms with E-state index in [-0.39, 0.29) is 5.60 Å². The zero-order chi connectivity index (χ0) is 10.8. The summed E-state index contributed by atoms with van der Waals surface area (Å²) in [6, 6.07) is 0. The van der Waals surface area contributed by atoms with Crippen molar-refractivity contribution in [3.63, 3.8) is 0 Å². The van der Waals surface area contributed by atoms with Gasteiger partial charge in [0, 0.05) is 0 Å². The summed E-state index contributed by atoms with van der Waals surface area (Å²) in [5.74, 6) is 1.93. The molecule has 5 rings (SSSR count). The van der Waals surface area contributed by atoms with Crippen LogP contribution in [-0.2, 0) is 9.47 Å². The third kappa shape index (κ3) is 1.53. The van der Waals surface area contributed by atoms with E-state index in [1.54, 1.807) is 0 Å². The van der Waals surface area contributed by atoms with E-state index in [9.17, 15) is 0 Å². The van der Waals surface area contributed by atoms with Gasteiger partial charge in [0.25, 0.3) is 0 Å². The molecule has 2 nitrogen and oxygen atoms in total. The van der Waals surface area contributed by atoms with Crippen LogP contribution in [0.25, 0.3) is 0 Å². The van der Waals surface area contributed by atoms with Crippen LogP contribution in [-0.4, -0.2) is 24.9 Å². The quantitative estimate of drug-likeness (QED) is 0.685.